The number of carbonyl (C=O) groups excluding carboxylic acids is 1. The van der Waals surface area contributed by atoms with Crippen LogP contribution >= 0.6 is 24.8 Å². The number of benzene rings is 2. The van der Waals surface area contributed by atoms with E-state index < -0.39 is 0 Å². The minimum atomic E-state index is -0.301. The molecule has 0 spiro atoms. The average Bonchev–Trinajstić information content (AvgIpc) is 3.41. The highest BCUT2D eigenvalue weighted by atomic mass is 35.5. The molecule has 1 saturated carbocycles. The molecule has 1 amide bonds. The summed E-state index contributed by atoms with van der Waals surface area (Å²) in [5.74, 6) is -0.0166. The average molecular weight is 493 g/mol. The number of ether oxygens (including phenoxy) is 1. The van der Waals surface area contributed by atoms with Crippen molar-refractivity contribution in [3.05, 3.63) is 77.9 Å². The first-order valence-electron chi connectivity index (χ1n) is 10.7. The van der Waals surface area contributed by atoms with Gasteiger partial charge in [-0.05, 0) is 61.2 Å². The summed E-state index contributed by atoms with van der Waals surface area (Å²) >= 11 is 0. The predicted octanol–water partition coefficient (Wildman–Crippen LogP) is 4.73. The first-order chi connectivity index (χ1) is 15.2. The molecule has 1 saturated heterocycles. The molecule has 33 heavy (non-hydrogen) atoms. The molecule has 2 aromatic carbocycles. The second-order valence-corrected chi connectivity index (χ2v) is 8.23. The van der Waals surface area contributed by atoms with Crippen LogP contribution in [0.2, 0.25) is 0 Å². The van der Waals surface area contributed by atoms with Gasteiger partial charge in [-0.1, -0.05) is 12.1 Å². The fourth-order valence-corrected chi connectivity index (χ4v) is 4.15. The standard InChI is InChI=1S/C24H25FN4O2.2ClH/c25-18-4-6-21(7-5-18)29-15-20(14-26-29)28-24(30)17-3-1-2-16(12-17)22-13-23(22)27-19-8-10-31-11-9-19;;/h1-7,12,14-15,19,22-23,27H,8-11,13H2,(H,28,30);2*1H/t22-,23+;;/m0../s1. The molecule has 1 aliphatic carbocycles. The number of nitrogens with one attached hydrogen (secondary N) is 2. The molecule has 9 heteroatoms. The van der Waals surface area contributed by atoms with Gasteiger partial charge in [0.15, 0.2) is 0 Å². The molecule has 6 nitrogen and oxygen atoms in total. The topological polar surface area (TPSA) is 68.2 Å². The molecule has 2 aliphatic rings. The Labute approximate surface area is 204 Å². The fourth-order valence-electron chi connectivity index (χ4n) is 4.15. The van der Waals surface area contributed by atoms with E-state index in [9.17, 15) is 9.18 Å². The number of halogens is 3. The van der Waals surface area contributed by atoms with Crippen LogP contribution in [0, 0.1) is 5.82 Å². The Morgan fingerprint density at radius 3 is 2.61 bits per heavy atom. The molecule has 1 aromatic heterocycles. The maximum atomic E-state index is 13.1. The van der Waals surface area contributed by atoms with E-state index in [1.54, 1.807) is 29.2 Å². The Hall–Kier alpha value is -2.45. The van der Waals surface area contributed by atoms with Crippen molar-refractivity contribution in [1.82, 2.24) is 15.1 Å². The smallest absolute Gasteiger partial charge is 0.255 e. The number of anilines is 1. The maximum Gasteiger partial charge on any atom is 0.255 e. The van der Waals surface area contributed by atoms with Crippen LogP contribution in [0.15, 0.2) is 60.9 Å². The Kier molecular flexibility index (Phi) is 8.48. The lowest BCUT2D eigenvalue weighted by Gasteiger charge is -2.23. The Bertz CT molecular complexity index is 1070. The van der Waals surface area contributed by atoms with Gasteiger partial charge in [0.2, 0.25) is 0 Å². The van der Waals surface area contributed by atoms with Crippen LogP contribution in [0.4, 0.5) is 10.1 Å². The van der Waals surface area contributed by atoms with Gasteiger partial charge in [-0.3, -0.25) is 4.79 Å². The van der Waals surface area contributed by atoms with Crippen molar-refractivity contribution in [2.24, 2.45) is 0 Å². The number of carbonyl (C=O) groups is 1. The van der Waals surface area contributed by atoms with Crippen molar-refractivity contribution < 1.29 is 13.9 Å². The lowest BCUT2D eigenvalue weighted by Crippen LogP contribution is -2.36. The van der Waals surface area contributed by atoms with Gasteiger partial charge in [0, 0.05) is 36.8 Å². The molecule has 2 N–H and O–H groups in total. The van der Waals surface area contributed by atoms with Gasteiger partial charge >= 0.3 is 0 Å². The lowest BCUT2D eigenvalue weighted by molar-refractivity contribution is 0.0774. The van der Waals surface area contributed by atoms with E-state index in [0.717, 1.165) is 38.2 Å². The molecule has 2 atom stereocenters. The molecule has 1 aliphatic heterocycles. The second-order valence-electron chi connectivity index (χ2n) is 8.23. The Morgan fingerprint density at radius 1 is 1.09 bits per heavy atom. The number of amides is 1. The molecule has 176 valence electrons. The molecule has 0 unspecified atom stereocenters. The summed E-state index contributed by atoms with van der Waals surface area (Å²) in [5.41, 5.74) is 3.13. The number of nitrogens with zero attached hydrogens (tertiary/aromatic N) is 2. The SMILES string of the molecule is Cl.Cl.O=C(Nc1cnn(-c2ccc(F)cc2)c1)c1cccc([C@@H]2C[C@H]2NC2CCOCC2)c1. The van der Waals surface area contributed by atoms with Crippen LogP contribution in [0.5, 0.6) is 0 Å². The van der Waals surface area contributed by atoms with Crippen molar-refractivity contribution in [3.8, 4) is 5.69 Å². The monoisotopic (exact) mass is 492 g/mol. The van der Waals surface area contributed by atoms with Gasteiger partial charge in [0.1, 0.15) is 5.82 Å². The molecule has 2 heterocycles. The number of aromatic nitrogens is 2. The number of hydrogen-bond donors (Lipinski definition) is 2. The molecule has 3 aromatic rings. The van der Waals surface area contributed by atoms with Crippen molar-refractivity contribution in [1.29, 1.82) is 0 Å². The van der Waals surface area contributed by atoms with E-state index in [1.165, 1.54) is 17.7 Å². The normalized spacial score (nSPS) is 19.8. The first kappa shape index (κ1) is 25.2. The van der Waals surface area contributed by atoms with Crippen LogP contribution < -0.4 is 10.6 Å². The minimum Gasteiger partial charge on any atom is -0.381 e. The van der Waals surface area contributed by atoms with Crippen molar-refractivity contribution in [3.63, 3.8) is 0 Å². The van der Waals surface area contributed by atoms with E-state index in [4.69, 9.17) is 4.74 Å². The third-order valence-corrected chi connectivity index (χ3v) is 5.97. The van der Waals surface area contributed by atoms with E-state index in [-0.39, 0.29) is 36.5 Å². The summed E-state index contributed by atoms with van der Waals surface area (Å²) in [6.45, 7) is 1.67. The van der Waals surface area contributed by atoms with E-state index in [0.29, 0.717) is 29.3 Å². The number of rotatable bonds is 6. The number of hydrogen-bond acceptors (Lipinski definition) is 4. The lowest BCUT2D eigenvalue weighted by atomic mass is 10.1. The Morgan fingerprint density at radius 2 is 1.85 bits per heavy atom. The Balaban J connectivity index is 0.00000153. The van der Waals surface area contributed by atoms with E-state index in [2.05, 4.69) is 21.8 Å². The summed E-state index contributed by atoms with van der Waals surface area (Å²) in [7, 11) is 0. The predicted molar refractivity (Wildman–Crippen MR) is 131 cm³/mol. The van der Waals surface area contributed by atoms with Crippen LogP contribution in [-0.4, -0.2) is 41.0 Å². The van der Waals surface area contributed by atoms with Crippen LogP contribution in [0.25, 0.3) is 5.69 Å². The van der Waals surface area contributed by atoms with Crippen LogP contribution in [0.3, 0.4) is 0 Å². The van der Waals surface area contributed by atoms with Crippen LogP contribution in [-0.2, 0) is 4.74 Å². The van der Waals surface area contributed by atoms with Crippen LogP contribution in [0.1, 0.15) is 41.1 Å². The summed E-state index contributed by atoms with van der Waals surface area (Å²) in [5, 5.41) is 10.9. The minimum absolute atomic E-state index is 0. The molecule has 5 rings (SSSR count). The highest BCUT2D eigenvalue weighted by molar-refractivity contribution is 6.04. The fraction of sp³-hybridized carbons (Fsp3) is 0.333. The first-order valence-corrected chi connectivity index (χ1v) is 10.7. The highest BCUT2D eigenvalue weighted by Crippen LogP contribution is 2.41. The summed E-state index contributed by atoms with van der Waals surface area (Å²) in [6, 6.07) is 14.9. The quantitative estimate of drug-likeness (QED) is 0.521. The molecular weight excluding hydrogens is 466 g/mol. The highest BCUT2D eigenvalue weighted by Gasteiger charge is 2.39. The second kappa shape index (κ2) is 11.1. The maximum absolute atomic E-state index is 13.1. The summed E-state index contributed by atoms with van der Waals surface area (Å²) in [6.07, 6.45) is 6.53. The molecule has 2 fully saturated rings. The zero-order chi connectivity index (χ0) is 21.2. The third kappa shape index (κ3) is 6.12. The van der Waals surface area contributed by atoms with Gasteiger partial charge in [-0.15, -0.1) is 24.8 Å². The van der Waals surface area contributed by atoms with Gasteiger partial charge in [-0.25, -0.2) is 9.07 Å². The largest absolute Gasteiger partial charge is 0.381 e. The summed E-state index contributed by atoms with van der Waals surface area (Å²) < 4.78 is 20.1. The molecule has 0 radical (unpaired) electrons. The molecule has 0 bridgehead atoms. The zero-order valence-corrected chi connectivity index (χ0v) is 19.6. The zero-order valence-electron chi connectivity index (χ0n) is 17.9. The van der Waals surface area contributed by atoms with Gasteiger partial charge in [-0.2, -0.15) is 5.10 Å². The van der Waals surface area contributed by atoms with Crippen molar-refractivity contribution in [2.45, 2.75) is 37.3 Å². The van der Waals surface area contributed by atoms with Gasteiger partial charge in [0.25, 0.3) is 5.91 Å². The van der Waals surface area contributed by atoms with Crippen molar-refractivity contribution in [2.75, 3.05) is 18.5 Å². The van der Waals surface area contributed by atoms with E-state index in [1.807, 2.05) is 18.2 Å². The van der Waals surface area contributed by atoms with Gasteiger partial charge < -0.3 is 15.4 Å². The third-order valence-electron chi connectivity index (χ3n) is 5.97. The van der Waals surface area contributed by atoms with Gasteiger partial charge in [0.05, 0.1) is 23.8 Å². The van der Waals surface area contributed by atoms with E-state index >= 15 is 0 Å². The summed E-state index contributed by atoms with van der Waals surface area (Å²) in [4.78, 5) is 12.8. The molecular formula is C24H27Cl2FN4O2. The van der Waals surface area contributed by atoms with Crippen molar-refractivity contribution >= 4 is 36.4 Å².